The van der Waals surface area contributed by atoms with Gasteiger partial charge in [0.05, 0.1) is 0 Å². The molecule has 1 aromatic carbocycles. The van der Waals surface area contributed by atoms with Crippen LogP contribution in [-0.4, -0.2) is 14.9 Å². The van der Waals surface area contributed by atoms with E-state index in [1.165, 1.54) is 0 Å². The molecular formula is C7H6IN3O2. The van der Waals surface area contributed by atoms with Crippen molar-refractivity contribution in [2.75, 3.05) is 0 Å². The highest BCUT2D eigenvalue weighted by atomic mass is 127. The Balaban J connectivity index is 0.000000845. The van der Waals surface area contributed by atoms with Crippen LogP contribution in [0.1, 0.15) is 0 Å². The first-order valence-electron chi connectivity index (χ1n) is 3.36. The van der Waals surface area contributed by atoms with E-state index in [1.54, 1.807) is 24.3 Å². The maximum atomic E-state index is 10.3. The molecule has 0 aliphatic heterocycles. The smallest absolute Gasteiger partial charge is 0.390 e. The lowest BCUT2D eigenvalue weighted by atomic mass is 10.3. The van der Waals surface area contributed by atoms with Crippen LogP contribution in [0.5, 0.6) is 0 Å². The lowest BCUT2D eigenvalue weighted by Crippen LogP contribution is -1.88. The van der Waals surface area contributed by atoms with Crippen molar-refractivity contribution >= 4 is 41.0 Å². The number of aromatic nitrogens is 2. The number of aromatic amines is 1. The zero-order valence-electron chi connectivity index (χ0n) is 6.43. The van der Waals surface area contributed by atoms with E-state index in [9.17, 15) is 10.1 Å². The molecule has 0 spiro atoms. The summed E-state index contributed by atoms with van der Waals surface area (Å²) in [6.07, 6.45) is 0. The summed E-state index contributed by atoms with van der Waals surface area (Å²) < 4.78 is 0. The summed E-state index contributed by atoms with van der Waals surface area (Å²) in [6.45, 7) is 0. The Labute approximate surface area is 90.3 Å². The normalized spacial score (nSPS) is 9.54. The standard InChI is InChI=1S/C7H5N3O2.HI/c11-10(12)7-8-5-3-1-2-4-6(5)9-7;/h1-4H,(H,8,9);1H. The number of imidazole rings is 1. The molecule has 6 heteroatoms. The zero-order valence-corrected chi connectivity index (χ0v) is 8.76. The maximum absolute atomic E-state index is 10.3. The van der Waals surface area contributed by atoms with Crippen molar-refractivity contribution in [2.45, 2.75) is 0 Å². The summed E-state index contributed by atoms with van der Waals surface area (Å²) >= 11 is 0. The van der Waals surface area contributed by atoms with Gasteiger partial charge in [-0.25, -0.2) is 4.98 Å². The molecule has 2 rings (SSSR count). The molecule has 13 heavy (non-hydrogen) atoms. The molecule has 0 aliphatic carbocycles. The number of nitrogens with zero attached hydrogens (tertiary/aromatic N) is 2. The first-order chi connectivity index (χ1) is 5.77. The fraction of sp³-hybridized carbons (Fsp3) is 0. The molecule has 1 N–H and O–H groups in total. The van der Waals surface area contributed by atoms with Gasteiger partial charge in [0.1, 0.15) is 5.52 Å². The van der Waals surface area contributed by atoms with Crippen LogP contribution < -0.4 is 0 Å². The Bertz CT molecular complexity index is 407. The molecule has 0 unspecified atom stereocenters. The number of halogens is 1. The number of nitrogens with one attached hydrogen (secondary N) is 1. The van der Waals surface area contributed by atoms with Crippen molar-refractivity contribution in [1.29, 1.82) is 0 Å². The van der Waals surface area contributed by atoms with Crippen LogP contribution in [0.2, 0.25) is 0 Å². The Morgan fingerprint density at radius 3 is 2.69 bits per heavy atom. The average molecular weight is 291 g/mol. The van der Waals surface area contributed by atoms with E-state index in [0.717, 1.165) is 0 Å². The lowest BCUT2D eigenvalue weighted by molar-refractivity contribution is -0.393. The predicted molar refractivity (Wildman–Crippen MR) is 58.2 cm³/mol. The van der Waals surface area contributed by atoms with Crippen LogP contribution in [0.25, 0.3) is 11.0 Å². The van der Waals surface area contributed by atoms with E-state index in [0.29, 0.717) is 11.0 Å². The second kappa shape index (κ2) is 3.69. The quantitative estimate of drug-likeness (QED) is 0.497. The van der Waals surface area contributed by atoms with Gasteiger partial charge < -0.3 is 10.1 Å². The van der Waals surface area contributed by atoms with Crippen molar-refractivity contribution in [1.82, 2.24) is 9.97 Å². The summed E-state index contributed by atoms with van der Waals surface area (Å²) in [5.41, 5.74) is 1.30. The summed E-state index contributed by atoms with van der Waals surface area (Å²) in [5.74, 6) is -0.212. The van der Waals surface area contributed by atoms with E-state index in [4.69, 9.17) is 0 Å². The molecule has 0 fully saturated rings. The maximum Gasteiger partial charge on any atom is 0.433 e. The lowest BCUT2D eigenvalue weighted by Gasteiger charge is -1.84. The van der Waals surface area contributed by atoms with Crippen molar-refractivity contribution in [3.05, 3.63) is 34.4 Å². The van der Waals surface area contributed by atoms with E-state index in [2.05, 4.69) is 9.97 Å². The van der Waals surface area contributed by atoms with Gasteiger partial charge in [0, 0.05) is 0 Å². The molecule has 2 aromatic rings. The number of rotatable bonds is 1. The van der Waals surface area contributed by atoms with Gasteiger partial charge in [0.15, 0.2) is 5.52 Å². The van der Waals surface area contributed by atoms with Gasteiger partial charge in [-0.3, -0.25) is 0 Å². The predicted octanol–water partition coefficient (Wildman–Crippen LogP) is 2.09. The van der Waals surface area contributed by atoms with E-state index >= 15 is 0 Å². The number of H-pyrrole nitrogens is 1. The zero-order chi connectivity index (χ0) is 8.55. The molecule has 1 aromatic heterocycles. The van der Waals surface area contributed by atoms with Gasteiger partial charge in [0.2, 0.25) is 0 Å². The second-order valence-electron chi connectivity index (χ2n) is 2.33. The highest BCUT2D eigenvalue weighted by Crippen LogP contribution is 2.14. The molecule has 0 saturated heterocycles. The minimum absolute atomic E-state index is 0. The molecule has 0 atom stereocenters. The number of fused-ring (bicyclic) bond motifs is 1. The fourth-order valence-electron chi connectivity index (χ4n) is 1.03. The fourth-order valence-corrected chi connectivity index (χ4v) is 1.03. The third-order valence-electron chi connectivity index (χ3n) is 1.55. The first kappa shape index (κ1) is 9.90. The number of hydrogen-bond donors (Lipinski definition) is 1. The minimum atomic E-state index is -0.542. The Morgan fingerprint density at radius 1 is 1.38 bits per heavy atom. The highest BCUT2D eigenvalue weighted by molar-refractivity contribution is 14.0. The third-order valence-corrected chi connectivity index (χ3v) is 1.55. The molecule has 1 heterocycles. The van der Waals surface area contributed by atoms with E-state index in [1.807, 2.05) is 0 Å². The van der Waals surface area contributed by atoms with Crippen LogP contribution in [0, 0.1) is 10.1 Å². The second-order valence-corrected chi connectivity index (χ2v) is 2.33. The Hall–Kier alpha value is -1.18. The molecule has 0 amide bonds. The summed E-state index contributed by atoms with van der Waals surface area (Å²) in [7, 11) is 0. The number of hydrogen-bond acceptors (Lipinski definition) is 3. The van der Waals surface area contributed by atoms with Gasteiger partial charge in [-0.05, 0) is 17.1 Å². The topological polar surface area (TPSA) is 71.8 Å². The number of benzene rings is 1. The summed E-state index contributed by atoms with van der Waals surface area (Å²) in [6, 6.07) is 7.05. The molecular weight excluding hydrogens is 285 g/mol. The molecule has 68 valence electrons. The Kier molecular flexibility index (Phi) is 2.81. The van der Waals surface area contributed by atoms with Gasteiger partial charge in [-0.15, -0.1) is 24.0 Å². The number of nitro groups is 1. The molecule has 5 nitrogen and oxygen atoms in total. The van der Waals surface area contributed by atoms with Gasteiger partial charge in [-0.1, -0.05) is 17.1 Å². The largest absolute Gasteiger partial charge is 0.433 e. The summed E-state index contributed by atoms with van der Waals surface area (Å²) in [4.78, 5) is 16.1. The monoisotopic (exact) mass is 291 g/mol. The van der Waals surface area contributed by atoms with Crippen molar-refractivity contribution < 1.29 is 4.92 Å². The van der Waals surface area contributed by atoms with Gasteiger partial charge in [-0.2, -0.15) is 0 Å². The molecule has 0 saturated carbocycles. The van der Waals surface area contributed by atoms with Crippen molar-refractivity contribution in [2.24, 2.45) is 0 Å². The van der Waals surface area contributed by atoms with Crippen LogP contribution in [-0.2, 0) is 0 Å². The minimum Gasteiger partial charge on any atom is -0.390 e. The van der Waals surface area contributed by atoms with E-state index in [-0.39, 0.29) is 29.9 Å². The van der Waals surface area contributed by atoms with Gasteiger partial charge >= 0.3 is 5.95 Å². The first-order valence-corrected chi connectivity index (χ1v) is 3.36. The van der Waals surface area contributed by atoms with Crippen LogP contribution in [0.4, 0.5) is 5.95 Å². The van der Waals surface area contributed by atoms with Crippen molar-refractivity contribution in [3.63, 3.8) is 0 Å². The Morgan fingerprint density at radius 2 is 2.08 bits per heavy atom. The van der Waals surface area contributed by atoms with Crippen molar-refractivity contribution in [3.8, 4) is 0 Å². The third kappa shape index (κ3) is 1.77. The average Bonchev–Trinajstić information content (AvgIpc) is 2.46. The SMILES string of the molecule is I.O=[N+]([O-])c1nc2ccccc2[nH]1. The molecule has 0 bridgehead atoms. The van der Waals surface area contributed by atoms with E-state index < -0.39 is 4.92 Å². The van der Waals surface area contributed by atoms with Gasteiger partial charge in [0.25, 0.3) is 0 Å². The molecule has 0 aliphatic rings. The van der Waals surface area contributed by atoms with Crippen LogP contribution in [0.3, 0.4) is 0 Å². The molecule has 0 radical (unpaired) electrons. The van der Waals surface area contributed by atoms with Crippen LogP contribution >= 0.6 is 24.0 Å². The summed E-state index contributed by atoms with van der Waals surface area (Å²) in [5, 5.41) is 10.3. The number of para-hydroxylation sites is 2. The van der Waals surface area contributed by atoms with Crippen LogP contribution in [0.15, 0.2) is 24.3 Å². The highest BCUT2D eigenvalue weighted by Gasteiger charge is 2.11.